The van der Waals surface area contributed by atoms with Gasteiger partial charge >= 0.3 is 12.4 Å². The second-order valence-corrected chi connectivity index (χ2v) is 6.06. The number of nitrogen functional groups attached to an aromatic ring is 1. The Morgan fingerprint density at radius 3 is 2.04 bits per heavy atom. The van der Waals surface area contributed by atoms with Crippen LogP contribution in [-0.2, 0) is 12.7 Å². The first-order valence-electron chi connectivity index (χ1n) is 7.78. The van der Waals surface area contributed by atoms with Gasteiger partial charge in [0.15, 0.2) is 5.69 Å². The summed E-state index contributed by atoms with van der Waals surface area (Å²) < 4.78 is 73.5. The molecule has 2 heterocycles. The van der Waals surface area contributed by atoms with Crippen molar-refractivity contribution in [1.82, 2.24) is 15.0 Å². The van der Waals surface area contributed by atoms with Crippen LogP contribution in [0.15, 0.2) is 0 Å². The Kier molecular flexibility index (Phi) is 5.64. The molecule has 1 fully saturated rings. The van der Waals surface area contributed by atoms with Gasteiger partial charge in [0, 0.05) is 0 Å². The zero-order valence-electron chi connectivity index (χ0n) is 13.5. The molecule has 3 rings (SSSR count). The zero-order chi connectivity index (χ0) is 19.7. The van der Waals surface area contributed by atoms with E-state index in [4.69, 9.17) is 11.6 Å². The van der Waals surface area contributed by atoms with Crippen LogP contribution in [0.1, 0.15) is 53.8 Å². The molecule has 1 saturated carbocycles. The van der Waals surface area contributed by atoms with Gasteiger partial charge in [0.2, 0.25) is 5.95 Å². The van der Waals surface area contributed by atoms with Crippen LogP contribution in [0.2, 0.25) is 0 Å². The lowest BCUT2D eigenvalue weighted by Gasteiger charge is -2.23. The zero-order valence-corrected chi connectivity index (χ0v) is 13.5. The van der Waals surface area contributed by atoms with Gasteiger partial charge in [-0.1, -0.05) is 19.3 Å². The fourth-order valence-electron chi connectivity index (χ4n) is 2.88. The Morgan fingerprint density at radius 2 is 1.58 bits per heavy atom. The average Bonchev–Trinajstić information content (AvgIpc) is 2.81. The molecular weight excluding hydrogens is 368 g/mol. The number of rotatable bonds is 0. The van der Waals surface area contributed by atoms with E-state index in [0.717, 1.165) is 19.3 Å². The summed E-state index contributed by atoms with van der Waals surface area (Å²) in [4.78, 5) is 17.9. The van der Waals surface area contributed by atoms with Crippen molar-refractivity contribution in [2.75, 3.05) is 5.73 Å². The number of anilines is 1. The summed E-state index contributed by atoms with van der Waals surface area (Å²) in [6.07, 6.45) is -5.50. The second-order valence-electron chi connectivity index (χ2n) is 6.06. The minimum atomic E-state index is -4.76. The van der Waals surface area contributed by atoms with Gasteiger partial charge in [0.1, 0.15) is 0 Å². The number of hydrazine groups is 1. The SMILES string of the molecule is FC(F)(F)C1CCCCC1.Nc1nc2c(c(C(F)(F)F)n1)C(=O)N(N)C2. The molecule has 0 spiro atoms. The van der Waals surface area contributed by atoms with E-state index in [-0.39, 0.29) is 12.2 Å². The van der Waals surface area contributed by atoms with Crippen LogP contribution < -0.4 is 11.6 Å². The highest BCUT2D eigenvalue weighted by atomic mass is 19.4. The van der Waals surface area contributed by atoms with Crippen molar-refractivity contribution in [3.8, 4) is 0 Å². The molecule has 4 N–H and O–H groups in total. The number of carbonyl (C=O) groups is 1. The third-order valence-electron chi connectivity index (χ3n) is 4.13. The van der Waals surface area contributed by atoms with Crippen molar-refractivity contribution in [1.29, 1.82) is 0 Å². The van der Waals surface area contributed by atoms with Crippen molar-refractivity contribution in [2.45, 2.75) is 51.0 Å². The van der Waals surface area contributed by atoms with Gasteiger partial charge in [0.25, 0.3) is 5.91 Å². The quantitative estimate of drug-likeness (QED) is 0.406. The van der Waals surface area contributed by atoms with Gasteiger partial charge in [-0.15, -0.1) is 0 Å². The van der Waals surface area contributed by atoms with Crippen molar-refractivity contribution >= 4 is 11.9 Å². The molecule has 0 unspecified atom stereocenters. The monoisotopic (exact) mass is 385 g/mol. The first-order valence-corrected chi connectivity index (χ1v) is 7.78. The number of hydrogen-bond acceptors (Lipinski definition) is 5. The normalized spacial score (nSPS) is 18.4. The molecule has 146 valence electrons. The Morgan fingerprint density at radius 1 is 1.00 bits per heavy atom. The van der Waals surface area contributed by atoms with Gasteiger partial charge in [-0.05, 0) is 12.8 Å². The van der Waals surface area contributed by atoms with Crippen LogP contribution in [0.25, 0.3) is 0 Å². The highest BCUT2D eigenvalue weighted by Crippen LogP contribution is 2.37. The van der Waals surface area contributed by atoms with E-state index in [9.17, 15) is 31.1 Å². The number of nitrogens with two attached hydrogens (primary N) is 2. The Balaban J connectivity index is 0.000000209. The lowest BCUT2D eigenvalue weighted by Crippen LogP contribution is -2.31. The number of alkyl halides is 6. The highest BCUT2D eigenvalue weighted by molar-refractivity contribution is 5.98. The number of fused-ring (bicyclic) bond motifs is 1. The molecule has 1 aromatic rings. The number of aromatic nitrogens is 2. The lowest BCUT2D eigenvalue weighted by molar-refractivity contribution is -0.181. The van der Waals surface area contributed by atoms with Crippen molar-refractivity contribution < 1.29 is 31.1 Å². The fraction of sp³-hybridized carbons (Fsp3) is 0.643. The second kappa shape index (κ2) is 7.25. The summed E-state index contributed by atoms with van der Waals surface area (Å²) in [5, 5.41) is 0.633. The van der Waals surface area contributed by atoms with Crippen molar-refractivity contribution in [2.24, 2.45) is 11.8 Å². The van der Waals surface area contributed by atoms with Crippen molar-refractivity contribution in [3.63, 3.8) is 0 Å². The van der Waals surface area contributed by atoms with Crippen LogP contribution in [0.4, 0.5) is 32.3 Å². The van der Waals surface area contributed by atoms with E-state index in [1.54, 1.807) is 0 Å². The number of nitrogens with zero attached hydrogens (tertiary/aromatic N) is 3. The fourth-order valence-corrected chi connectivity index (χ4v) is 2.88. The average molecular weight is 385 g/mol. The molecular formula is C14H17F6N5O. The summed E-state index contributed by atoms with van der Waals surface area (Å²) in [6, 6.07) is 0. The predicted octanol–water partition coefficient (Wildman–Crippen LogP) is 3.04. The molecule has 1 aromatic heterocycles. The molecule has 1 amide bonds. The summed E-state index contributed by atoms with van der Waals surface area (Å²) in [5.41, 5.74) is 3.06. The van der Waals surface area contributed by atoms with E-state index in [1.807, 2.05) is 0 Å². The summed E-state index contributed by atoms with van der Waals surface area (Å²) in [5.74, 6) is 2.71. The first-order chi connectivity index (χ1) is 11.9. The van der Waals surface area contributed by atoms with Crippen molar-refractivity contribution in [3.05, 3.63) is 17.0 Å². The summed E-state index contributed by atoms with van der Waals surface area (Å²) in [6.45, 7) is -0.204. The summed E-state index contributed by atoms with van der Waals surface area (Å²) in [7, 11) is 0. The minimum absolute atomic E-state index is 0.104. The molecule has 1 aliphatic heterocycles. The molecule has 0 radical (unpaired) electrons. The highest BCUT2D eigenvalue weighted by Gasteiger charge is 2.43. The molecule has 2 aliphatic rings. The van der Waals surface area contributed by atoms with Crippen LogP contribution in [-0.4, -0.2) is 27.1 Å². The maximum atomic E-state index is 12.6. The van der Waals surface area contributed by atoms with Crippen LogP contribution in [0, 0.1) is 5.92 Å². The van der Waals surface area contributed by atoms with Crippen LogP contribution in [0.3, 0.4) is 0 Å². The standard InChI is InChI=1S/C7H6F3N5O.C7H11F3/c8-7(9,10)4-3-2(13-6(11)14-4)1-15(12)5(3)16;8-7(9,10)6-4-2-1-3-5-6/h1,12H2,(H2,11,13,14);6H,1-5H2. The molecule has 6 nitrogen and oxygen atoms in total. The molecule has 0 atom stereocenters. The van der Waals surface area contributed by atoms with E-state index < -0.39 is 41.4 Å². The maximum absolute atomic E-state index is 12.6. The lowest BCUT2D eigenvalue weighted by atomic mass is 9.89. The smallest absolute Gasteiger partial charge is 0.368 e. The van der Waals surface area contributed by atoms with Gasteiger partial charge in [0.05, 0.1) is 23.7 Å². The van der Waals surface area contributed by atoms with Crippen LogP contribution in [0.5, 0.6) is 0 Å². The van der Waals surface area contributed by atoms with Gasteiger partial charge in [-0.3, -0.25) is 9.80 Å². The molecule has 1 aliphatic carbocycles. The molecule has 0 aromatic carbocycles. The van der Waals surface area contributed by atoms with Gasteiger partial charge in [-0.2, -0.15) is 26.3 Å². The number of hydrogen-bond donors (Lipinski definition) is 2. The van der Waals surface area contributed by atoms with Crippen LogP contribution >= 0.6 is 0 Å². The molecule has 0 saturated heterocycles. The first kappa shape index (κ1) is 20.2. The Labute approximate surface area is 144 Å². The number of amides is 1. The Hall–Kier alpha value is -2.11. The summed E-state index contributed by atoms with van der Waals surface area (Å²) >= 11 is 0. The van der Waals surface area contributed by atoms with Gasteiger partial charge < -0.3 is 5.73 Å². The molecule has 26 heavy (non-hydrogen) atoms. The molecule has 12 heteroatoms. The predicted molar refractivity (Wildman–Crippen MR) is 78.1 cm³/mol. The Bertz CT molecular complexity index is 669. The van der Waals surface area contributed by atoms with E-state index >= 15 is 0 Å². The largest absolute Gasteiger partial charge is 0.434 e. The third kappa shape index (κ3) is 4.54. The maximum Gasteiger partial charge on any atom is 0.434 e. The van der Waals surface area contributed by atoms with Gasteiger partial charge in [-0.25, -0.2) is 15.8 Å². The van der Waals surface area contributed by atoms with E-state index in [2.05, 4.69) is 9.97 Å². The number of carbonyl (C=O) groups excluding carboxylic acids is 1. The third-order valence-corrected chi connectivity index (χ3v) is 4.13. The molecule has 0 bridgehead atoms. The number of halogens is 6. The van der Waals surface area contributed by atoms with E-state index in [1.165, 1.54) is 0 Å². The topological polar surface area (TPSA) is 98.1 Å². The van der Waals surface area contributed by atoms with E-state index in [0.29, 0.717) is 17.9 Å². The minimum Gasteiger partial charge on any atom is -0.368 e.